The number of carboxylic acids is 1. The molecule has 0 aromatic carbocycles. The molecule has 0 radical (unpaired) electrons. The van der Waals surface area contributed by atoms with Crippen LogP contribution < -0.4 is 0 Å². The number of aromatic nitrogens is 4. The summed E-state index contributed by atoms with van der Waals surface area (Å²) >= 11 is 2.06. The monoisotopic (exact) mass is 384 g/mol. The van der Waals surface area contributed by atoms with Crippen LogP contribution >= 0.6 is 22.6 Å². The standard InChI is InChI=1S/C13H13IN4O2/c1-13(2)4-6-8(11(19)20)17-18(3)10(6)9-7(13)5-15-12(14)16-9/h5H,4H2,1-3H3,(H,19,20). The van der Waals surface area contributed by atoms with E-state index in [0.29, 0.717) is 10.3 Å². The van der Waals surface area contributed by atoms with E-state index in [1.165, 1.54) is 0 Å². The second kappa shape index (κ2) is 4.24. The zero-order valence-electron chi connectivity index (χ0n) is 11.3. The summed E-state index contributed by atoms with van der Waals surface area (Å²) < 4.78 is 2.25. The Labute approximate surface area is 129 Å². The highest BCUT2D eigenvalue weighted by molar-refractivity contribution is 14.1. The summed E-state index contributed by atoms with van der Waals surface area (Å²) in [6.07, 6.45) is 2.45. The number of hydrogen-bond acceptors (Lipinski definition) is 4. The van der Waals surface area contributed by atoms with Gasteiger partial charge in [-0.05, 0) is 11.8 Å². The number of hydrogen-bond donors (Lipinski definition) is 1. The third kappa shape index (κ3) is 1.83. The number of nitrogens with zero attached hydrogens (tertiary/aromatic N) is 4. The average molecular weight is 384 g/mol. The number of carbonyl (C=O) groups is 1. The summed E-state index contributed by atoms with van der Waals surface area (Å²) in [5.41, 5.74) is 3.28. The number of halogens is 1. The van der Waals surface area contributed by atoms with Crippen molar-refractivity contribution in [1.82, 2.24) is 19.7 Å². The Balaban J connectivity index is 2.38. The van der Waals surface area contributed by atoms with Gasteiger partial charge in [-0.1, -0.05) is 13.8 Å². The fraction of sp³-hybridized carbons (Fsp3) is 0.385. The van der Waals surface area contributed by atoms with E-state index in [2.05, 4.69) is 51.5 Å². The lowest BCUT2D eigenvalue weighted by molar-refractivity contribution is 0.0688. The molecule has 0 saturated heterocycles. The van der Waals surface area contributed by atoms with Gasteiger partial charge in [0.15, 0.2) is 9.53 Å². The topological polar surface area (TPSA) is 80.9 Å². The smallest absolute Gasteiger partial charge is 0.356 e. The third-order valence-electron chi connectivity index (χ3n) is 3.68. The first kappa shape index (κ1) is 13.5. The van der Waals surface area contributed by atoms with Crippen molar-refractivity contribution in [3.8, 4) is 11.4 Å². The Hall–Kier alpha value is -1.51. The maximum atomic E-state index is 11.4. The van der Waals surface area contributed by atoms with Gasteiger partial charge in [0.25, 0.3) is 0 Å². The number of fused-ring (bicyclic) bond motifs is 3. The molecule has 2 heterocycles. The van der Waals surface area contributed by atoms with Crippen LogP contribution in [-0.2, 0) is 18.9 Å². The molecule has 3 rings (SSSR count). The molecule has 0 bridgehead atoms. The second-order valence-electron chi connectivity index (χ2n) is 5.57. The van der Waals surface area contributed by atoms with Crippen LogP contribution in [-0.4, -0.2) is 30.8 Å². The molecular formula is C13H13IN4O2. The molecule has 0 amide bonds. The summed E-state index contributed by atoms with van der Waals surface area (Å²) in [6.45, 7) is 4.15. The van der Waals surface area contributed by atoms with Gasteiger partial charge in [0.1, 0.15) is 0 Å². The normalized spacial score (nSPS) is 15.6. The second-order valence-corrected chi connectivity index (χ2v) is 6.53. The van der Waals surface area contributed by atoms with Gasteiger partial charge in [0.05, 0.1) is 11.4 Å². The largest absolute Gasteiger partial charge is 0.476 e. The quantitative estimate of drug-likeness (QED) is 0.601. The summed E-state index contributed by atoms with van der Waals surface area (Å²) in [6, 6.07) is 0. The molecule has 20 heavy (non-hydrogen) atoms. The van der Waals surface area contributed by atoms with Crippen LogP contribution in [0, 0.1) is 3.83 Å². The number of carboxylic acid groups (broad SMARTS) is 1. The van der Waals surface area contributed by atoms with Crippen LogP contribution in [0.5, 0.6) is 0 Å². The highest BCUT2D eigenvalue weighted by Crippen LogP contribution is 2.42. The van der Waals surface area contributed by atoms with Gasteiger partial charge in [-0.2, -0.15) is 5.10 Å². The van der Waals surface area contributed by atoms with Crippen molar-refractivity contribution in [2.24, 2.45) is 7.05 Å². The van der Waals surface area contributed by atoms with Gasteiger partial charge in [-0.15, -0.1) is 0 Å². The summed E-state index contributed by atoms with van der Waals surface area (Å²) in [7, 11) is 1.75. The summed E-state index contributed by atoms with van der Waals surface area (Å²) in [5, 5.41) is 13.5. The highest BCUT2D eigenvalue weighted by atomic mass is 127. The van der Waals surface area contributed by atoms with E-state index in [-0.39, 0.29) is 11.1 Å². The SMILES string of the molecule is Cn1nc(C(=O)O)c2c1-c1nc(I)ncc1C(C)(C)C2. The van der Waals surface area contributed by atoms with Crippen molar-refractivity contribution in [3.63, 3.8) is 0 Å². The van der Waals surface area contributed by atoms with E-state index >= 15 is 0 Å². The van der Waals surface area contributed by atoms with Crippen molar-refractivity contribution in [2.45, 2.75) is 25.7 Å². The van der Waals surface area contributed by atoms with Crippen LogP contribution in [0.3, 0.4) is 0 Å². The average Bonchev–Trinajstić information content (AvgIpc) is 2.65. The van der Waals surface area contributed by atoms with Crippen LogP contribution in [0.25, 0.3) is 11.4 Å². The van der Waals surface area contributed by atoms with Crippen molar-refractivity contribution < 1.29 is 9.90 Å². The maximum absolute atomic E-state index is 11.4. The number of rotatable bonds is 1. The Kier molecular flexibility index (Phi) is 2.86. The van der Waals surface area contributed by atoms with Gasteiger partial charge in [-0.25, -0.2) is 14.8 Å². The number of aromatic carboxylic acids is 1. The number of aryl methyl sites for hydroxylation is 1. The van der Waals surface area contributed by atoms with Crippen LogP contribution in [0.4, 0.5) is 0 Å². The zero-order valence-corrected chi connectivity index (χ0v) is 13.5. The zero-order chi connectivity index (χ0) is 14.7. The molecule has 7 heteroatoms. The lowest BCUT2D eigenvalue weighted by atomic mass is 9.74. The predicted molar refractivity (Wildman–Crippen MR) is 80.6 cm³/mol. The van der Waals surface area contributed by atoms with Crippen molar-refractivity contribution >= 4 is 28.6 Å². The maximum Gasteiger partial charge on any atom is 0.356 e. The molecule has 104 valence electrons. The van der Waals surface area contributed by atoms with Gasteiger partial charge in [0, 0.05) is 47.0 Å². The van der Waals surface area contributed by atoms with E-state index in [0.717, 1.165) is 22.5 Å². The van der Waals surface area contributed by atoms with E-state index in [1.54, 1.807) is 11.7 Å². The van der Waals surface area contributed by atoms with Crippen LogP contribution in [0.15, 0.2) is 6.20 Å². The molecule has 0 fully saturated rings. The van der Waals surface area contributed by atoms with Crippen molar-refractivity contribution in [3.05, 3.63) is 26.8 Å². The fourth-order valence-corrected chi connectivity index (χ4v) is 3.16. The Morgan fingerprint density at radius 1 is 1.50 bits per heavy atom. The molecular weight excluding hydrogens is 371 g/mol. The molecule has 2 aromatic rings. The van der Waals surface area contributed by atoms with E-state index < -0.39 is 5.97 Å². The van der Waals surface area contributed by atoms with Crippen molar-refractivity contribution in [2.75, 3.05) is 0 Å². The minimum absolute atomic E-state index is 0.120. The summed E-state index contributed by atoms with van der Waals surface area (Å²) in [4.78, 5) is 20.1. The van der Waals surface area contributed by atoms with E-state index in [1.807, 2.05) is 6.20 Å². The first-order chi connectivity index (χ1) is 9.31. The minimum Gasteiger partial charge on any atom is -0.476 e. The van der Waals surface area contributed by atoms with Crippen LogP contribution in [0.2, 0.25) is 0 Å². The Bertz CT molecular complexity index is 736. The molecule has 0 atom stereocenters. The van der Waals surface area contributed by atoms with Gasteiger partial charge >= 0.3 is 5.97 Å². The predicted octanol–water partition coefficient (Wildman–Crippen LogP) is 2.01. The summed E-state index contributed by atoms with van der Waals surface area (Å²) in [5.74, 6) is -0.996. The molecule has 0 spiro atoms. The van der Waals surface area contributed by atoms with Crippen molar-refractivity contribution in [1.29, 1.82) is 0 Å². The Morgan fingerprint density at radius 3 is 2.85 bits per heavy atom. The molecule has 1 aliphatic rings. The Morgan fingerprint density at radius 2 is 2.20 bits per heavy atom. The van der Waals surface area contributed by atoms with E-state index in [4.69, 9.17) is 0 Å². The first-order valence-electron chi connectivity index (χ1n) is 6.14. The molecule has 1 N–H and O–H groups in total. The fourth-order valence-electron chi connectivity index (χ4n) is 2.78. The van der Waals surface area contributed by atoms with Gasteiger partial charge in [0.2, 0.25) is 0 Å². The van der Waals surface area contributed by atoms with Crippen LogP contribution in [0.1, 0.15) is 35.5 Å². The lowest BCUT2D eigenvalue weighted by Crippen LogP contribution is -2.28. The van der Waals surface area contributed by atoms with E-state index in [9.17, 15) is 9.90 Å². The molecule has 1 aliphatic carbocycles. The highest BCUT2D eigenvalue weighted by Gasteiger charge is 2.37. The molecule has 2 aromatic heterocycles. The van der Waals surface area contributed by atoms with Gasteiger partial charge < -0.3 is 5.11 Å². The third-order valence-corrected chi connectivity index (χ3v) is 4.20. The lowest BCUT2D eigenvalue weighted by Gasteiger charge is -2.31. The van der Waals surface area contributed by atoms with Gasteiger partial charge in [-0.3, -0.25) is 4.68 Å². The minimum atomic E-state index is -0.996. The first-order valence-corrected chi connectivity index (χ1v) is 7.21. The molecule has 6 nitrogen and oxygen atoms in total. The molecule has 0 aliphatic heterocycles. The molecule has 0 saturated carbocycles. The molecule has 0 unspecified atom stereocenters.